The number of methoxy groups -OCH3 is 1. The number of ether oxygens (including phenoxy) is 3. The van der Waals surface area contributed by atoms with Crippen molar-refractivity contribution in [3.63, 3.8) is 0 Å². The van der Waals surface area contributed by atoms with Gasteiger partial charge in [-0.05, 0) is 25.2 Å². The average molecular weight is 370 g/mol. The van der Waals surface area contributed by atoms with E-state index < -0.39 is 0 Å². The summed E-state index contributed by atoms with van der Waals surface area (Å²) in [5, 5.41) is 0. The zero-order chi connectivity index (χ0) is 13.3. The fourth-order valence-corrected chi connectivity index (χ4v) is 3.51. The lowest BCUT2D eigenvalue weighted by atomic mass is 9.80. The molecule has 2 unspecified atom stereocenters. The first kappa shape index (κ1) is 16.7. The SMILES string of the molecule is COCCOCCCOC1(CI)CCCC(C)C1. The summed E-state index contributed by atoms with van der Waals surface area (Å²) < 4.78 is 17.7. The quantitative estimate of drug-likeness (QED) is 0.354. The summed E-state index contributed by atoms with van der Waals surface area (Å²) in [7, 11) is 1.70. The lowest BCUT2D eigenvalue weighted by Gasteiger charge is -2.38. The second kappa shape index (κ2) is 9.50. The molecule has 0 N–H and O–H groups in total. The van der Waals surface area contributed by atoms with Crippen molar-refractivity contribution < 1.29 is 14.2 Å². The molecule has 1 saturated carbocycles. The van der Waals surface area contributed by atoms with Crippen LogP contribution >= 0.6 is 22.6 Å². The number of hydrogen-bond acceptors (Lipinski definition) is 3. The largest absolute Gasteiger partial charge is 0.382 e. The standard InChI is InChI=1S/C14H27IO3/c1-13-5-3-6-14(11-13,12-15)18-8-4-7-17-10-9-16-2/h13H,3-12H2,1-2H3. The molecule has 0 heterocycles. The maximum Gasteiger partial charge on any atom is 0.0774 e. The molecular weight excluding hydrogens is 343 g/mol. The van der Waals surface area contributed by atoms with Gasteiger partial charge in [0, 0.05) is 24.8 Å². The first-order chi connectivity index (χ1) is 8.72. The summed E-state index contributed by atoms with van der Waals surface area (Å²) in [6.45, 7) is 5.30. The Hall–Kier alpha value is 0.610. The van der Waals surface area contributed by atoms with E-state index in [1.807, 2.05) is 0 Å². The molecule has 0 bridgehead atoms. The smallest absolute Gasteiger partial charge is 0.0774 e. The Labute approximate surface area is 125 Å². The van der Waals surface area contributed by atoms with Crippen LogP contribution in [0, 0.1) is 5.92 Å². The summed E-state index contributed by atoms with van der Waals surface area (Å²) in [6.07, 6.45) is 6.11. The Balaban J connectivity index is 2.11. The third-order valence-corrected chi connectivity index (χ3v) is 4.96. The zero-order valence-electron chi connectivity index (χ0n) is 11.8. The second-order valence-corrected chi connectivity index (χ2v) is 6.09. The molecule has 18 heavy (non-hydrogen) atoms. The molecule has 0 amide bonds. The van der Waals surface area contributed by atoms with Gasteiger partial charge in [0.05, 0.1) is 18.8 Å². The van der Waals surface area contributed by atoms with Crippen molar-refractivity contribution in [3.8, 4) is 0 Å². The minimum absolute atomic E-state index is 0.144. The lowest BCUT2D eigenvalue weighted by Crippen LogP contribution is -2.39. The van der Waals surface area contributed by atoms with Crippen LogP contribution in [0.1, 0.15) is 39.0 Å². The van der Waals surface area contributed by atoms with Crippen LogP contribution in [0.3, 0.4) is 0 Å². The van der Waals surface area contributed by atoms with Crippen molar-refractivity contribution in [2.75, 3.05) is 38.0 Å². The van der Waals surface area contributed by atoms with E-state index >= 15 is 0 Å². The minimum Gasteiger partial charge on any atom is -0.382 e. The van der Waals surface area contributed by atoms with Gasteiger partial charge in [-0.2, -0.15) is 0 Å². The summed E-state index contributed by atoms with van der Waals surface area (Å²) in [5.41, 5.74) is 0.144. The molecule has 0 spiro atoms. The summed E-state index contributed by atoms with van der Waals surface area (Å²) in [6, 6.07) is 0. The Morgan fingerprint density at radius 3 is 2.72 bits per heavy atom. The molecule has 0 aromatic rings. The molecule has 0 radical (unpaired) electrons. The monoisotopic (exact) mass is 370 g/mol. The number of hydrogen-bond donors (Lipinski definition) is 0. The van der Waals surface area contributed by atoms with Gasteiger partial charge in [-0.15, -0.1) is 0 Å². The lowest BCUT2D eigenvalue weighted by molar-refractivity contribution is -0.0680. The third kappa shape index (κ3) is 6.17. The highest BCUT2D eigenvalue weighted by atomic mass is 127. The van der Waals surface area contributed by atoms with Crippen LogP contribution in [0.5, 0.6) is 0 Å². The van der Waals surface area contributed by atoms with Crippen LogP contribution < -0.4 is 0 Å². The van der Waals surface area contributed by atoms with Crippen LogP contribution in [0.25, 0.3) is 0 Å². The number of alkyl halides is 1. The second-order valence-electron chi connectivity index (χ2n) is 5.33. The van der Waals surface area contributed by atoms with E-state index in [4.69, 9.17) is 14.2 Å². The molecule has 108 valence electrons. The van der Waals surface area contributed by atoms with Crippen LogP contribution in [0.2, 0.25) is 0 Å². The molecule has 1 aliphatic rings. The van der Waals surface area contributed by atoms with Gasteiger partial charge in [0.1, 0.15) is 0 Å². The Morgan fingerprint density at radius 1 is 1.22 bits per heavy atom. The Bertz CT molecular complexity index is 213. The van der Waals surface area contributed by atoms with Crippen LogP contribution in [-0.4, -0.2) is 43.6 Å². The van der Waals surface area contributed by atoms with Crippen LogP contribution in [0.4, 0.5) is 0 Å². The van der Waals surface area contributed by atoms with Gasteiger partial charge in [0.2, 0.25) is 0 Å². The summed E-state index contributed by atoms with van der Waals surface area (Å²) in [4.78, 5) is 0. The molecule has 2 atom stereocenters. The van der Waals surface area contributed by atoms with Gasteiger partial charge in [0.25, 0.3) is 0 Å². The Kier molecular flexibility index (Phi) is 8.80. The van der Waals surface area contributed by atoms with Gasteiger partial charge >= 0.3 is 0 Å². The molecule has 0 aliphatic heterocycles. The van der Waals surface area contributed by atoms with Crippen molar-refractivity contribution in [1.82, 2.24) is 0 Å². The molecular formula is C14H27IO3. The van der Waals surface area contributed by atoms with E-state index in [1.54, 1.807) is 7.11 Å². The molecule has 0 aromatic heterocycles. The van der Waals surface area contributed by atoms with Gasteiger partial charge in [0.15, 0.2) is 0 Å². The van der Waals surface area contributed by atoms with Crippen molar-refractivity contribution in [3.05, 3.63) is 0 Å². The highest BCUT2D eigenvalue weighted by Gasteiger charge is 2.34. The third-order valence-electron chi connectivity index (χ3n) is 3.57. The summed E-state index contributed by atoms with van der Waals surface area (Å²) >= 11 is 2.48. The average Bonchev–Trinajstić information content (AvgIpc) is 2.38. The van der Waals surface area contributed by atoms with E-state index in [-0.39, 0.29) is 5.60 Å². The van der Waals surface area contributed by atoms with Gasteiger partial charge in [-0.3, -0.25) is 0 Å². The minimum atomic E-state index is 0.144. The number of rotatable bonds is 9. The topological polar surface area (TPSA) is 27.7 Å². The van der Waals surface area contributed by atoms with E-state index in [2.05, 4.69) is 29.5 Å². The Morgan fingerprint density at radius 2 is 2.06 bits per heavy atom. The van der Waals surface area contributed by atoms with E-state index in [9.17, 15) is 0 Å². The fourth-order valence-electron chi connectivity index (χ4n) is 2.60. The van der Waals surface area contributed by atoms with Crippen LogP contribution in [-0.2, 0) is 14.2 Å². The first-order valence-electron chi connectivity index (χ1n) is 6.99. The molecule has 4 heteroatoms. The maximum atomic E-state index is 6.18. The van der Waals surface area contributed by atoms with Gasteiger partial charge < -0.3 is 14.2 Å². The van der Waals surface area contributed by atoms with Crippen molar-refractivity contribution >= 4 is 22.6 Å². The zero-order valence-corrected chi connectivity index (χ0v) is 13.9. The van der Waals surface area contributed by atoms with Crippen LogP contribution in [0.15, 0.2) is 0 Å². The normalized spacial score (nSPS) is 28.5. The van der Waals surface area contributed by atoms with E-state index in [0.717, 1.165) is 30.0 Å². The highest BCUT2D eigenvalue weighted by molar-refractivity contribution is 14.1. The molecule has 1 rings (SSSR count). The molecule has 1 fully saturated rings. The van der Waals surface area contributed by atoms with Gasteiger partial charge in [-0.25, -0.2) is 0 Å². The first-order valence-corrected chi connectivity index (χ1v) is 8.51. The molecule has 0 aromatic carbocycles. The predicted molar refractivity (Wildman–Crippen MR) is 82.5 cm³/mol. The van der Waals surface area contributed by atoms with Crippen molar-refractivity contribution in [2.24, 2.45) is 5.92 Å². The van der Waals surface area contributed by atoms with E-state index in [0.29, 0.717) is 13.2 Å². The molecule has 1 aliphatic carbocycles. The predicted octanol–water partition coefficient (Wildman–Crippen LogP) is 3.44. The molecule has 0 saturated heterocycles. The van der Waals surface area contributed by atoms with Crippen molar-refractivity contribution in [1.29, 1.82) is 0 Å². The van der Waals surface area contributed by atoms with Crippen molar-refractivity contribution in [2.45, 2.75) is 44.6 Å². The van der Waals surface area contributed by atoms with E-state index in [1.165, 1.54) is 25.7 Å². The maximum absolute atomic E-state index is 6.18. The summed E-state index contributed by atoms with van der Waals surface area (Å²) in [5.74, 6) is 0.812. The number of halogens is 1. The van der Waals surface area contributed by atoms with Gasteiger partial charge in [-0.1, -0.05) is 42.4 Å². The highest BCUT2D eigenvalue weighted by Crippen LogP contribution is 2.36. The fraction of sp³-hybridized carbons (Fsp3) is 1.00. The molecule has 3 nitrogen and oxygen atoms in total.